The molecule has 1 amide bonds. The van der Waals surface area contributed by atoms with Crippen LogP contribution in [0.4, 0.5) is 10.5 Å². The van der Waals surface area contributed by atoms with Crippen molar-refractivity contribution in [3.8, 4) is 0 Å². The number of nitrogens with one attached hydrogen (secondary N) is 1. The second-order valence-electron chi connectivity index (χ2n) is 8.97. The number of piperazine rings is 1. The fourth-order valence-corrected chi connectivity index (χ4v) is 5.27. The molecule has 0 bridgehead atoms. The van der Waals surface area contributed by atoms with Gasteiger partial charge in [-0.15, -0.1) is 17.5 Å². The van der Waals surface area contributed by atoms with E-state index in [9.17, 15) is 4.79 Å². The summed E-state index contributed by atoms with van der Waals surface area (Å²) in [6, 6.07) is 6.07. The van der Waals surface area contributed by atoms with Crippen LogP contribution >= 0.6 is 35.6 Å². The zero-order chi connectivity index (χ0) is 22.3. The number of halogens is 3. The number of carbonyl (C=O) groups excluding carboxylic acids is 1. The molecule has 0 atom stereocenters. The number of hydrogen-bond acceptors (Lipinski definition) is 6. The summed E-state index contributed by atoms with van der Waals surface area (Å²) in [4.78, 5) is 22.4. The highest BCUT2D eigenvalue weighted by Crippen LogP contribution is 2.33. The Kier molecular flexibility index (Phi) is 10.7. The number of anilines is 1. The van der Waals surface area contributed by atoms with E-state index in [1.165, 1.54) is 19.3 Å². The number of amides is 1. The maximum absolute atomic E-state index is 12.1. The van der Waals surface area contributed by atoms with Crippen LogP contribution in [0.15, 0.2) is 18.2 Å². The van der Waals surface area contributed by atoms with E-state index < -0.39 is 0 Å². The normalized spacial score (nSPS) is 24.7. The minimum atomic E-state index is -0.326. The van der Waals surface area contributed by atoms with Crippen molar-refractivity contribution in [3.63, 3.8) is 0 Å². The van der Waals surface area contributed by atoms with Gasteiger partial charge in [0.25, 0.3) is 0 Å². The van der Waals surface area contributed by atoms with E-state index in [-0.39, 0.29) is 24.5 Å². The van der Waals surface area contributed by atoms with Crippen LogP contribution in [-0.2, 0) is 9.57 Å². The van der Waals surface area contributed by atoms with Gasteiger partial charge in [-0.25, -0.2) is 4.79 Å². The van der Waals surface area contributed by atoms with E-state index in [0.717, 1.165) is 57.2 Å². The number of benzene rings is 1. The molecule has 1 N–H and O–H groups in total. The monoisotopic (exact) mass is 520 g/mol. The summed E-state index contributed by atoms with van der Waals surface area (Å²) in [5.41, 5.74) is 1.04. The number of ether oxygens (including phenoxy) is 1. The van der Waals surface area contributed by atoms with Crippen LogP contribution in [-0.4, -0.2) is 81.1 Å². The van der Waals surface area contributed by atoms with Gasteiger partial charge < -0.3 is 19.8 Å². The average Bonchev–Trinajstić information content (AvgIpc) is 2.81. The highest BCUT2D eigenvalue weighted by molar-refractivity contribution is 6.43. The molecule has 33 heavy (non-hydrogen) atoms. The number of hydroxylamine groups is 2. The van der Waals surface area contributed by atoms with E-state index in [0.29, 0.717) is 36.3 Å². The lowest BCUT2D eigenvalue weighted by atomic mass is 9.84. The third-order valence-electron chi connectivity index (χ3n) is 6.85. The number of hydrogen-bond donors (Lipinski definition) is 1. The van der Waals surface area contributed by atoms with Gasteiger partial charge in [0, 0.05) is 32.2 Å². The quantitative estimate of drug-likeness (QED) is 0.596. The lowest BCUT2D eigenvalue weighted by Gasteiger charge is -2.37. The van der Waals surface area contributed by atoms with Crippen LogP contribution in [0.25, 0.3) is 0 Å². The number of rotatable bonds is 6. The van der Waals surface area contributed by atoms with Gasteiger partial charge in [0.15, 0.2) is 0 Å². The topological polar surface area (TPSA) is 57.3 Å². The Hall–Kier alpha value is -0.960. The van der Waals surface area contributed by atoms with E-state index in [4.69, 9.17) is 32.8 Å². The molecule has 1 aliphatic carbocycles. The van der Waals surface area contributed by atoms with E-state index in [1.54, 1.807) is 5.06 Å². The van der Waals surface area contributed by atoms with Crippen LogP contribution < -0.4 is 10.2 Å². The summed E-state index contributed by atoms with van der Waals surface area (Å²) in [5.74, 6) is 0.740. The zero-order valence-corrected chi connectivity index (χ0v) is 21.3. The van der Waals surface area contributed by atoms with E-state index in [1.807, 2.05) is 18.2 Å². The van der Waals surface area contributed by atoms with Crippen LogP contribution in [0.2, 0.25) is 10.0 Å². The SMILES string of the molecule is Cl.O=C(NC1CCC(CCN2CCN(c3cccc(Cl)c3Cl)CC2)CC1)ON1CCOCC1. The van der Waals surface area contributed by atoms with Crippen LogP contribution in [0.1, 0.15) is 32.1 Å². The average molecular weight is 522 g/mol. The van der Waals surface area contributed by atoms with Gasteiger partial charge in [-0.1, -0.05) is 29.3 Å². The Balaban J connectivity index is 0.00000306. The molecule has 1 aromatic carbocycles. The molecule has 0 unspecified atom stereocenters. The maximum Gasteiger partial charge on any atom is 0.426 e. The minimum absolute atomic E-state index is 0. The molecule has 0 aromatic heterocycles. The fraction of sp³-hybridized carbons (Fsp3) is 0.696. The Labute approximate surface area is 213 Å². The summed E-state index contributed by atoms with van der Waals surface area (Å²) in [6.45, 7) is 7.69. The fourth-order valence-electron chi connectivity index (χ4n) is 4.86. The van der Waals surface area contributed by atoms with E-state index >= 15 is 0 Å². The highest BCUT2D eigenvalue weighted by atomic mass is 35.5. The van der Waals surface area contributed by atoms with Crippen molar-refractivity contribution in [3.05, 3.63) is 28.2 Å². The van der Waals surface area contributed by atoms with Crippen LogP contribution in [0.3, 0.4) is 0 Å². The van der Waals surface area contributed by atoms with Crippen molar-refractivity contribution >= 4 is 47.4 Å². The number of carbonyl (C=O) groups is 1. The van der Waals surface area contributed by atoms with Gasteiger partial charge in [0.05, 0.1) is 42.0 Å². The minimum Gasteiger partial charge on any atom is -0.379 e. The van der Waals surface area contributed by atoms with Crippen molar-refractivity contribution < 1.29 is 14.4 Å². The molecular weight excluding hydrogens is 487 g/mol. The summed E-state index contributed by atoms with van der Waals surface area (Å²) >= 11 is 12.6. The summed E-state index contributed by atoms with van der Waals surface area (Å²) in [7, 11) is 0. The Morgan fingerprint density at radius 2 is 1.73 bits per heavy atom. The second-order valence-corrected chi connectivity index (χ2v) is 9.76. The van der Waals surface area contributed by atoms with Gasteiger partial charge in [-0.2, -0.15) is 0 Å². The van der Waals surface area contributed by atoms with Crippen LogP contribution in [0.5, 0.6) is 0 Å². The van der Waals surface area contributed by atoms with Gasteiger partial charge in [0.1, 0.15) is 0 Å². The molecule has 2 heterocycles. The largest absolute Gasteiger partial charge is 0.426 e. The predicted molar refractivity (Wildman–Crippen MR) is 135 cm³/mol. The van der Waals surface area contributed by atoms with Crippen molar-refractivity contribution in [2.24, 2.45) is 5.92 Å². The first-order chi connectivity index (χ1) is 15.6. The van der Waals surface area contributed by atoms with Gasteiger partial charge in [-0.3, -0.25) is 4.90 Å². The molecule has 7 nitrogen and oxygen atoms in total. The molecule has 0 spiro atoms. The Morgan fingerprint density at radius 1 is 1.03 bits per heavy atom. The first-order valence-corrected chi connectivity index (χ1v) is 12.6. The molecule has 3 fully saturated rings. The predicted octanol–water partition coefficient (Wildman–Crippen LogP) is 4.46. The number of morpholine rings is 1. The second kappa shape index (κ2) is 13.2. The molecule has 10 heteroatoms. The van der Waals surface area contributed by atoms with Crippen LogP contribution in [0, 0.1) is 5.92 Å². The molecule has 186 valence electrons. The molecule has 4 rings (SSSR count). The first kappa shape index (κ1) is 26.6. The molecular formula is C23H35Cl3N4O3. The summed E-state index contributed by atoms with van der Waals surface area (Å²) < 4.78 is 5.27. The highest BCUT2D eigenvalue weighted by Gasteiger charge is 2.26. The zero-order valence-electron chi connectivity index (χ0n) is 19.0. The summed E-state index contributed by atoms with van der Waals surface area (Å²) in [5, 5.41) is 6.00. The summed E-state index contributed by atoms with van der Waals surface area (Å²) in [6.07, 6.45) is 5.30. The molecule has 2 aliphatic heterocycles. The van der Waals surface area contributed by atoms with Gasteiger partial charge >= 0.3 is 6.09 Å². The van der Waals surface area contributed by atoms with E-state index in [2.05, 4.69) is 15.1 Å². The van der Waals surface area contributed by atoms with Crippen molar-refractivity contribution in [1.82, 2.24) is 15.3 Å². The lowest BCUT2D eigenvalue weighted by molar-refractivity contribution is -0.146. The smallest absolute Gasteiger partial charge is 0.379 e. The van der Waals surface area contributed by atoms with Gasteiger partial charge in [0.2, 0.25) is 0 Å². The van der Waals surface area contributed by atoms with Crippen molar-refractivity contribution in [1.29, 1.82) is 0 Å². The molecule has 3 aliphatic rings. The third kappa shape index (κ3) is 7.77. The molecule has 0 radical (unpaired) electrons. The lowest BCUT2D eigenvalue weighted by Crippen LogP contribution is -2.47. The van der Waals surface area contributed by atoms with Crippen molar-refractivity contribution in [2.45, 2.75) is 38.1 Å². The third-order valence-corrected chi connectivity index (χ3v) is 7.66. The van der Waals surface area contributed by atoms with Crippen molar-refractivity contribution in [2.75, 3.05) is 63.9 Å². The molecule has 1 saturated carbocycles. The maximum atomic E-state index is 12.1. The molecule has 1 aromatic rings. The molecule has 2 saturated heterocycles. The Bertz CT molecular complexity index is 750. The van der Waals surface area contributed by atoms with Gasteiger partial charge in [-0.05, 0) is 56.7 Å². The standard InChI is InChI=1S/C23H34Cl2N4O3.ClH/c24-20-2-1-3-21(22(20)25)28-12-10-27(11-13-28)9-8-18-4-6-19(7-5-18)26-23(30)32-29-14-16-31-17-15-29;/h1-3,18-19H,4-17H2,(H,26,30);1H. The Morgan fingerprint density at radius 3 is 2.42 bits per heavy atom. The first-order valence-electron chi connectivity index (χ1n) is 11.8. The number of nitrogens with zero attached hydrogens (tertiary/aromatic N) is 3.